The SMILES string of the molecule is Cc1sc2nc(CCC(=O)N3CCCCC3CN)[nH]c(=O)c2c1C.Cl. The first-order valence-corrected chi connectivity index (χ1v) is 9.31. The Bertz CT molecular complexity index is 817. The number of rotatable bonds is 4. The van der Waals surface area contributed by atoms with E-state index in [0.29, 0.717) is 30.6 Å². The van der Waals surface area contributed by atoms with Crippen LogP contribution in [0.1, 0.15) is 41.9 Å². The van der Waals surface area contributed by atoms with E-state index in [0.717, 1.165) is 41.1 Å². The van der Waals surface area contributed by atoms with Crippen molar-refractivity contribution in [3.8, 4) is 0 Å². The first kappa shape index (κ1) is 19.9. The number of hydrogen-bond donors (Lipinski definition) is 2. The Morgan fingerprint density at radius 2 is 2.16 bits per heavy atom. The van der Waals surface area contributed by atoms with E-state index in [4.69, 9.17) is 5.73 Å². The summed E-state index contributed by atoms with van der Waals surface area (Å²) in [4.78, 5) is 35.9. The van der Waals surface area contributed by atoms with Crippen LogP contribution in [-0.2, 0) is 11.2 Å². The number of thiophene rings is 1. The number of aromatic amines is 1. The lowest BCUT2D eigenvalue weighted by Crippen LogP contribution is -2.47. The number of hydrogen-bond acceptors (Lipinski definition) is 5. The number of carbonyl (C=O) groups excluding carboxylic acids is 1. The monoisotopic (exact) mass is 384 g/mol. The van der Waals surface area contributed by atoms with Crippen molar-refractivity contribution in [2.75, 3.05) is 13.1 Å². The molecule has 1 aliphatic heterocycles. The summed E-state index contributed by atoms with van der Waals surface area (Å²) in [6.45, 7) is 5.23. The van der Waals surface area contributed by atoms with Gasteiger partial charge in [-0.25, -0.2) is 4.98 Å². The summed E-state index contributed by atoms with van der Waals surface area (Å²) < 4.78 is 0. The highest BCUT2D eigenvalue weighted by molar-refractivity contribution is 7.18. The van der Waals surface area contributed by atoms with Gasteiger partial charge in [-0.1, -0.05) is 0 Å². The molecule has 1 amide bonds. The molecule has 2 aromatic heterocycles. The van der Waals surface area contributed by atoms with Crippen LogP contribution in [0.25, 0.3) is 10.2 Å². The minimum atomic E-state index is -0.109. The van der Waals surface area contributed by atoms with Gasteiger partial charge >= 0.3 is 0 Å². The second kappa shape index (κ2) is 8.29. The number of amides is 1. The lowest BCUT2D eigenvalue weighted by Gasteiger charge is -2.35. The molecule has 6 nitrogen and oxygen atoms in total. The maximum Gasteiger partial charge on any atom is 0.259 e. The molecule has 0 radical (unpaired) electrons. The summed E-state index contributed by atoms with van der Waals surface area (Å²) in [6, 6.07) is 0.156. The molecule has 3 heterocycles. The molecular formula is C17H25ClN4O2S. The van der Waals surface area contributed by atoms with Crippen LogP contribution in [0.5, 0.6) is 0 Å². The van der Waals surface area contributed by atoms with Gasteiger partial charge in [0.05, 0.1) is 5.39 Å². The largest absolute Gasteiger partial charge is 0.338 e. The molecule has 0 bridgehead atoms. The molecule has 1 unspecified atom stereocenters. The number of nitrogens with zero attached hydrogens (tertiary/aromatic N) is 2. The minimum absolute atomic E-state index is 0. The molecule has 3 N–H and O–H groups in total. The lowest BCUT2D eigenvalue weighted by molar-refractivity contribution is -0.134. The van der Waals surface area contributed by atoms with Gasteiger partial charge in [-0.3, -0.25) is 9.59 Å². The molecule has 3 rings (SSSR count). The Labute approximate surface area is 157 Å². The third kappa shape index (κ3) is 4.04. The van der Waals surface area contributed by atoms with Crippen molar-refractivity contribution in [1.82, 2.24) is 14.9 Å². The Kier molecular flexibility index (Phi) is 6.59. The van der Waals surface area contributed by atoms with Gasteiger partial charge in [0.25, 0.3) is 5.56 Å². The van der Waals surface area contributed by atoms with Gasteiger partial charge in [-0.05, 0) is 38.7 Å². The smallest absolute Gasteiger partial charge is 0.259 e. The molecule has 138 valence electrons. The van der Waals surface area contributed by atoms with E-state index < -0.39 is 0 Å². The number of fused-ring (bicyclic) bond motifs is 1. The van der Waals surface area contributed by atoms with Gasteiger partial charge in [0.2, 0.25) is 5.91 Å². The van der Waals surface area contributed by atoms with Crippen molar-refractivity contribution >= 4 is 39.9 Å². The standard InChI is InChI=1S/C17H24N4O2S.ClH/c1-10-11(2)24-17-15(10)16(23)19-13(20-17)6-7-14(22)21-8-4-3-5-12(21)9-18;/h12H,3-9,18H2,1-2H3,(H,19,20,23);1H. The molecule has 0 aromatic carbocycles. The van der Waals surface area contributed by atoms with Crippen LogP contribution in [0.2, 0.25) is 0 Å². The number of piperidine rings is 1. The highest BCUT2D eigenvalue weighted by Gasteiger charge is 2.25. The van der Waals surface area contributed by atoms with E-state index in [1.165, 1.54) is 11.3 Å². The number of nitrogens with one attached hydrogen (secondary N) is 1. The molecular weight excluding hydrogens is 360 g/mol. The van der Waals surface area contributed by atoms with Crippen LogP contribution in [0.3, 0.4) is 0 Å². The second-order valence-corrected chi connectivity index (χ2v) is 7.65. The molecule has 0 aliphatic carbocycles. The Hall–Kier alpha value is -1.44. The van der Waals surface area contributed by atoms with E-state index in [9.17, 15) is 9.59 Å². The summed E-state index contributed by atoms with van der Waals surface area (Å²) in [7, 11) is 0. The molecule has 0 spiro atoms. The lowest BCUT2D eigenvalue weighted by atomic mass is 10.0. The molecule has 2 aromatic rings. The normalized spacial score (nSPS) is 17.6. The van der Waals surface area contributed by atoms with Crippen LogP contribution in [-0.4, -0.2) is 39.9 Å². The maximum atomic E-state index is 12.5. The van der Waals surface area contributed by atoms with Crippen molar-refractivity contribution in [2.45, 2.75) is 52.0 Å². The molecule has 1 aliphatic rings. The maximum absolute atomic E-state index is 12.5. The zero-order valence-electron chi connectivity index (χ0n) is 14.6. The van der Waals surface area contributed by atoms with Crippen LogP contribution in [0.4, 0.5) is 0 Å². The molecule has 1 fully saturated rings. The van der Waals surface area contributed by atoms with Crippen LogP contribution < -0.4 is 11.3 Å². The van der Waals surface area contributed by atoms with Gasteiger partial charge in [-0.15, -0.1) is 23.7 Å². The number of likely N-dealkylation sites (tertiary alicyclic amines) is 1. The zero-order chi connectivity index (χ0) is 17.3. The molecule has 0 saturated carbocycles. The average Bonchev–Trinajstić information content (AvgIpc) is 2.87. The third-order valence-corrected chi connectivity index (χ3v) is 5.98. The fourth-order valence-electron chi connectivity index (χ4n) is 3.36. The van der Waals surface area contributed by atoms with E-state index in [-0.39, 0.29) is 29.9 Å². The van der Waals surface area contributed by atoms with Crippen molar-refractivity contribution in [3.05, 3.63) is 26.6 Å². The highest BCUT2D eigenvalue weighted by atomic mass is 35.5. The number of nitrogens with two attached hydrogens (primary N) is 1. The fraction of sp³-hybridized carbons (Fsp3) is 0.588. The predicted octanol–water partition coefficient (Wildman–Crippen LogP) is 2.30. The minimum Gasteiger partial charge on any atom is -0.338 e. The first-order valence-electron chi connectivity index (χ1n) is 8.49. The quantitative estimate of drug-likeness (QED) is 0.845. The molecule has 1 saturated heterocycles. The second-order valence-electron chi connectivity index (χ2n) is 6.45. The van der Waals surface area contributed by atoms with Crippen molar-refractivity contribution < 1.29 is 4.79 Å². The fourth-order valence-corrected chi connectivity index (χ4v) is 4.41. The van der Waals surface area contributed by atoms with Crippen molar-refractivity contribution in [3.63, 3.8) is 0 Å². The average molecular weight is 385 g/mol. The Morgan fingerprint density at radius 3 is 2.88 bits per heavy atom. The van der Waals surface area contributed by atoms with Gasteiger partial charge in [0, 0.05) is 36.9 Å². The number of aromatic nitrogens is 2. The van der Waals surface area contributed by atoms with Gasteiger partial charge in [0.15, 0.2) is 0 Å². The number of aryl methyl sites for hydroxylation is 3. The van der Waals surface area contributed by atoms with Crippen molar-refractivity contribution in [1.29, 1.82) is 0 Å². The van der Waals surface area contributed by atoms with Gasteiger partial charge in [0.1, 0.15) is 10.7 Å². The van der Waals surface area contributed by atoms with Crippen LogP contribution in [0, 0.1) is 13.8 Å². The Balaban J connectivity index is 0.00000225. The molecule has 1 atom stereocenters. The van der Waals surface area contributed by atoms with Crippen molar-refractivity contribution in [2.24, 2.45) is 5.73 Å². The summed E-state index contributed by atoms with van der Waals surface area (Å²) in [6.07, 6.45) is 3.96. The van der Waals surface area contributed by atoms with E-state index in [1.54, 1.807) is 0 Å². The third-order valence-electron chi connectivity index (χ3n) is 4.88. The summed E-state index contributed by atoms with van der Waals surface area (Å²) in [5, 5.41) is 0.673. The highest BCUT2D eigenvalue weighted by Crippen LogP contribution is 2.26. The van der Waals surface area contributed by atoms with E-state index in [2.05, 4.69) is 9.97 Å². The first-order chi connectivity index (χ1) is 11.5. The summed E-state index contributed by atoms with van der Waals surface area (Å²) >= 11 is 1.53. The number of H-pyrrole nitrogens is 1. The van der Waals surface area contributed by atoms with Crippen LogP contribution in [0.15, 0.2) is 4.79 Å². The summed E-state index contributed by atoms with van der Waals surface area (Å²) in [5.41, 5.74) is 6.67. The topological polar surface area (TPSA) is 92.1 Å². The Morgan fingerprint density at radius 1 is 1.40 bits per heavy atom. The van der Waals surface area contributed by atoms with Gasteiger partial charge < -0.3 is 15.6 Å². The van der Waals surface area contributed by atoms with E-state index in [1.807, 2.05) is 18.7 Å². The molecule has 25 heavy (non-hydrogen) atoms. The zero-order valence-corrected chi connectivity index (χ0v) is 16.3. The van der Waals surface area contributed by atoms with Crippen LogP contribution >= 0.6 is 23.7 Å². The number of halogens is 1. The summed E-state index contributed by atoms with van der Waals surface area (Å²) in [5.74, 6) is 0.690. The van der Waals surface area contributed by atoms with E-state index >= 15 is 0 Å². The molecule has 8 heteroatoms. The predicted molar refractivity (Wildman–Crippen MR) is 104 cm³/mol. The number of carbonyl (C=O) groups is 1. The van der Waals surface area contributed by atoms with Gasteiger partial charge in [-0.2, -0.15) is 0 Å².